The molecule has 2 heteroatoms. The minimum Gasteiger partial charge on any atom is -0.367 e. The molecule has 0 unspecified atom stereocenters. The van der Waals surface area contributed by atoms with Gasteiger partial charge in [0.05, 0.1) is 5.00 Å². The molecule has 0 aromatic carbocycles. The first-order chi connectivity index (χ1) is 7.36. The molecule has 2 rings (SSSR count). The lowest BCUT2D eigenvalue weighted by Crippen LogP contribution is -2.21. The maximum absolute atomic E-state index is 2.40. The highest BCUT2D eigenvalue weighted by Crippen LogP contribution is 2.27. The average Bonchev–Trinajstić information content (AvgIpc) is 2.81. The standard InChI is InChI=1S/C13H21NS/c1-14(13-8-5-11-15-13)10-9-12-6-3-2-4-7-12/h5,8,11-12H,2-4,6-7,9-10H2,1H3. The minimum atomic E-state index is 1.00. The summed E-state index contributed by atoms with van der Waals surface area (Å²) in [6.45, 7) is 1.23. The Morgan fingerprint density at radius 3 is 2.80 bits per heavy atom. The molecular weight excluding hydrogens is 202 g/mol. The van der Waals surface area contributed by atoms with Crippen LogP contribution in [0.5, 0.6) is 0 Å². The van der Waals surface area contributed by atoms with Crippen LogP contribution in [0.2, 0.25) is 0 Å². The van der Waals surface area contributed by atoms with Crippen molar-refractivity contribution in [1.29, 1.82) is 0 Å². The average molecular weight is 223 g/mol. The van der Waals surface area contributed by atoms with Crippen molar-refractivity contribution >= 4 is 16.3 Å². The highest BCUT2D eigenvalue weighted by molar-refractivity contribution is 7.14. The van der Waals surface area contributed by atoms with E-state index in [4.69, 9.17) is 0 Å². The molecule has 0 amide bonds. The normalized spacial score (nSPS) is 17.9. The Hall–Kier alpha value is -0.500. The highest BCUT2D eigenvalue weighted by atomic mass is 32.1. The van der Waals surface area contributed by atoms with Gasteiger partial charge in [0.15, 0.2) is 0 Å². The highest BCUT2D eigenvalue weighted by Gasteiger charge is 2.13. The number of hydrogen-bond acceptors (Lipinski definition) is 2. The van der Waals surface area contributed by atoms with Crippen molar-refractivity contribution in [2.75, 3.05) is 18.5 Å². The lowest BCUT2D eigenvalue weighted by Gasteiger charge is -2.24. The van der Waals surface area contributed by atoms with Crippen LogP contribution in [0, 0.1) is 5.92 Å². The largest absolute Gasteiger partial charge is 0.367 e. The van der Waals surface area contributed by atoms with E-state index < -0.39 is 0 Å². The van der Waals surface area contributed by atoms with Crippen molar-refractivity contribution in [3.8, 4) is 0 Å². The van der Waals surface area contributed by atoms with Gasteiger partial charge in [-0.25, -0.2) is 0 Å². The molecule has 0 aliphatic heterocycles. The van der Waals surface area contributed by atoms with Gasteiger partial charge in [-0.2, -0.15) is 0 Å². The van der Waals surface area contributed by atoms with Gasteiger partial charge in [0.25, 0.3) is 0 Å². The van der Waals surface area contributed by atoms with Crippen molar-refractivity contribution in [1.82, 2.24) is 0 Å². The van der Waals surface area contributed by atoms with Crippen LogP contribution in [0.3, 0.4) is 0 Å². The predicted octanol–water partition coefficient (Wildman–Crippen LogP) is 4.15. The Morgan fingerprint density at radius 2 is 2.13 bits per heavy atom. The van der Waals surface area contributed by atoms with E-state index >= 15 is 0 Å². The fraction of sp³-hybridized carbons (Fsp3) is 0.692. The Labute approximate surface area is 97.1 Å². The molecule has 1 fully saturated rings. The third-order valence-corrected chi connectivity index (χ3v) is 4.46. The zero-order chi connectivity index (χ0) is 10.5. The summed E-state index contributed by atoms with van der Waals surface area (Å²) in [6.07, 6.45) is 8.73. The second kappa shape index (κ2) is 5.55. The smallest absolute Gasteiger partial charge is 0.0905 e. The van der Waals surface area contributed by atoms with E-state index in [-0.39, 0.29) is 0 Å². The third-order valence-electron chi connectivity index (χ3n) is 3.48. The topological polar surface area (TPSA) is 3.24 Å². The van der Waals surface area contributed by atoms with Gasteiger partial charge < -0.3 is 4.90 Å². The van der Waals surface area contributed by atoms with E-state index in [1.165, 1.54) is 50.1 Å². The Bertz CT molecular complexity index is 262. The number of rotatable bonds is 4. The molecule has 1 aliphatic rings. The first-order valence-corrected chi connectivity index (χ1v) is 6.99. The summed E-state index contributed by atoms with van der Waals surface area (Å²) in [5.74, 6) is 1.00. The summed E-state index contributed by atoms with van der Waals surface area (Å²) in [6, 6.07) is 4.35. The molecule has 1 aromatic heterocycles. The summed E-state index contributed by atoms with van der Waals surface area (Å²) in [4.78, 5) is 2.40. The quantitative estimate of drug-likeness (QED) is 0.741. The van der Waals surface area contributed by atoms with Gasteiger partial charge in [0.2, 0.25) is 0 Å². The van der Waals surface area contributed by atoms with Crippen molar-refractivity contribution in [2.24, 2.45) is 5.92 Å². The summed E-state index contributed by atoms with van der Waals surface area (Å²) in [5.41, 5.74) is 0. The molecule has 15 heavy (non-hydrogen) atoms. The molecule has 1 saturated carbocycles. The van der Waals surface area contributed by atoms with E-state index in [1.807, 2.05) is 11.3 Å². The first-order valence-electron chi connectivity index (χ1n) is 6.11. The molecule has 1 nitrogen and oxygen atoms in total. The summed E-state index contributed by atoms with van der Waals surface area (Å²) in [5, 5.41) is 3.57. The van der Waals surface area contributed by atoms with Crippen molar-refractivity contribution in [3.63, 3.8) is 0 Å². The van der Waals surface area contributed by atoms with Crippen LogP contribution in [-0.2, 0) is 0 Å². The Balaban J connectivity index is 1.73. The number of anilines is 1. The maximum atomic E-state index is 2.40. The van der Waals surface area contributed by atoms with Gasteiger partial charge in [0, 0.05) is 13.6 Å². The Morgan fingerprint density at radius 1 is 1.33 bits per heavy atom. The molecule has 0 atom stereocenters. The molecule has 0 radical (unpaired) electrons. The van der Waals surface area contributed by atoms with Gasteiger partial charge in [-0.15, -0.1) is 11.3 Å². The van der Waals surface area contributed by atoms with E-state index in [2.05, 4.69) is 29.5 Å². The van der Waals surface area contributed by atoms with Crippen molar-refractivity contribution in [2.45, 2.75) is 38.5 Å². The predicted molar refractivity (Wildman–Crippen MR) is 68.8 cm³/mol. The second-order valence-corrected chi connectivity index (χ2v) is 5.59. The minimum absolute atomic E-state index is 1.00. The van der Waals surface area contributed by atoms with Gasteiger partial charge in [-0.3, -0.25) is 0 Å². The third kappa shape index (κ3) is 3.23. The van der Waals surface area contributed by atoms with Gasteiger partial charge >= 0.3 is 0 Å². The second-order valence-electron chi connectivity index (χ2n) is 4.67. The van der Waals surface area contributed by atoms with Crippen LogP contribution in [0.4, 0.5) is 5.00 Å². The zero-order valence-electron chi connectivity index (χ0n) is 9.61. The van der Waals surface area contributed by atoms with Gasteiger partial charge in [-0.05, 0) is 29.9 Å². The zero-order valence-corrected chi connectivity index (χ0v) is 10.4. The van der Waals surface area contributed by atoms with E-state index in [0.717, 1.165) is 5.92 Å². The number of nitrogens with zero attached hydrogens (tertiary/aromatic N) is 1. The monoisotopic (exact) mass is 223 g/mol. The lowest BCUT2D eigenvalue weighted by atomic mass is 9.87. The fourth-order valence-electron chi connectivity index (χ4n) is 2.45. The maximum Gasteiger partial charge on any atom is 0.0905 e. The van der Waals surface area contributed by atoms with Crippen LogP contribution in [0.25, 0.3) is 0 Å². The lowest BCUT2D eigenvalue weighted by molar-refractivity contribution is 0.341. The molecule has 0 spiro atoms. The summed E-state index contributed by atoms with van der Waals surface area (Å²) in [7, 11) is 2.22. The molecule has 0 saturated heterocycles. The Kier molecular flexibility index (Phi) is 4.07. The van der Waals surface area contributed by atoms with E-state index in [0.29, 0.717) is 0 Å². The summed E-state index contributed by atoms with van der Waals surface area (Å²) < 4.78 is 0. The van der Waals surface area contributed by atoms with Crippen LogP contribution >= 0.6 is 11.3 Å². The van der Waals surface area contributed by atoms with Crippen molar-refractivity contribution in [3.05, 3.63) is 17.5 Å². The van der Waals surface area contributed by atoms with E-state index in [9.17, 15) is 0 Å². The van der Waals surface area contributed by atoms with E-state index in [1.54, 1.807) is 0 Å². The van der Waals surface area contributed by atoms with Gasteiger partial charge in [0.1, 0.15) is 0 Å². The molecule has 0 bridgehead atoms. The fourth-order valence-corrected chi connectivity index (χ4v) is 3.17. The molecule has 1 aromatic rings. The molecule has 1 heterocycles. The van der Waals surface area contributed by atoms with Crippen LogP contribution in [-0.4, -0.2) is 13.6 Å². The molecular formula is C13H21NS. The van der Waals surface area contributed by atoms with Crippen LogP contribution < -0.4 is 4.90 Å². The van der Waals surface area contributed by atoms with Crippen LogP contribution in [0.15, 0.2) is 17.5 Å². The molecule has 1 aliphatic carbocycles. The molecule has 0 N–H and O–H groups in total. The first kappa shape index (κ1) is 11.0. The number of thiophene rings is 1. The van der Waals surface area contributed by atoms with Crippen LogP contribution in [0.1, 0.15) is 38.5 Å². The SMILES string of the molecule is CN(CCC1CCCCC1)c1cccs1. The van der Waals surface area contributed by atoms with Crippen molar-refractivity contribution < 1.29 is 0 Å². The van der Waals surface area contributed by atoms with Gasteiger partial charge in [-0.1, -0.05) is 32.1 Å². The summed E-state index contributed by atoms with van der Waals surface area (Å²) >= 11 is 1.84. The molecule has 84 valence electrons. The number of hydrogen-bond donors (Lipinski definition) is 0.